The lowest BCUT2D eigenvalue weighted by Gasteiger charge is -2.42. The van der Waals surface area contributed by atoms with Gasteiger partial charge >= 0.3 is 5.97 Å². The molecule has 0 radical (unpaired) electrons. The van der Waals surface area contributed by atoms with Crippen LogP contribution >= 0.6 is 0 Å². The van der Waals surface area contributed by atoms with Crippen molar-refractivity contribution in [3.05, 3.63) is 24.3 Å². The minimum atomic E-state index is -2.17. The molecule has 0 N–H and O–H groups in total. The van der Waals surface area contributed by atoms with Gasteiger partial charge in [-0.2, -0.15) is 0 Å². The summed E-state index contributed by atoms with van der Waals surface area (Å²) in [5.74, 6) is -0.224. The average molecular weight is 767 g/mol. The molecule has 0 amide bonds. The molecule has 0 saturated carbocycles. The van der Waals surface area contributed by atoms with Gasteiger partial charge in [0.25, 0.3) is 0 Å². The summed E-state index contributed by atoms with van der Waals surface area (Å²) in [7, 11) is -1.08. The molecule has 3 heterocycles. The summed E-state index contributed by atoms with van der Waals surface area (Å²) in [5.41, 5.74) is 2.17. The largest absolute Gasteiger partial charge is 0.469 e. The maximum atomic E-state index is 12.8. The van der Waals surface area contributed by atoms with E-state index in [9.17, 15) is 9.59 Å². The van der Waals surface area contributed by atoms with Gasteiger partial charge in [0.2, 0.25) is 0 Å². The minimum Gasteiger partial charge on any atom is -0.469 e. The van der Waals surface area contributed by atoms with Gasteiger partial charge in [-0.1, -0.05) is 61.6 Å². The molecule has 3 rings (SSSR count). The Morgan fingerprint density at radius 3 is 2.12 bits per heavy atom. The highest BCUT2D eigenvalue weighted by molar-refractivity contribution is 6.74. The summed E-state index contributed by atoms with van der Waals surface area (Å²) >= 11 is 0. The lowest BCUT2D eigenvalue weighted by Crippen LogP contribution is -2.49. The Bertz CT molecular complexity index is 1210. The van der Waals surface area contributed by atoms with E-state index in [1.165, 1.54) is 7.11 Å². The van der Waals surface area contributed by atoms with Gasteiger partial charge in [-0.3, -0.25) is 4.79 Å². The number of esters is 1. The van der Waals surface area contributed by atoms with Gasteiger partial charge in [0.05, 0.1) is 69.0 Å². The molecule has 3 fully saturated rings. The highest BCUT2D eigenvalue weighted by Crippen LogP contribution is 2.44. The van der Waals surface area contributed by atoms with Gasteiger partial charge in [0.1, 0.15) is 6.29 Å². The second-order valence-electron chi connectivity index (χ2n) is 18.8. The molecule has 0 aromatic carbocycles. The SMILES string of the molecule is C=C1CC(CCC=O)O[C@H]1CCC1C[C@@H](C)C(=C)[C@@H](C[C@@H]2O[C@H](C[C@@H](CO[Si](C)(C)C(C)(C)C)O[Si](C)(C)C(C)(C)C)[C@H](OC)[C@H]2CC(=O)OC)O1. The molecule has 0 spiro atoms. The Hall–Kier alpha value is -1.19. The summed E-state index contributed by atoms with van der Waals surface area (Å²) in [6, 6.07) is 0. The summed E-state index contributed by atoms with van der Waals surface area (Å²) in [4.78, 5) is 23.7. The first-order valence-corrected chi connectivity index (χ1v) is 25.5. The van der Waals surface area contributed by atoms with Crippen molar-refractivity contribution in [2.45, 2.75) is 191 Å². The molecule has 9 nitrogen and oxygen atoms in total. The normalized spacial score (nSPS) is 31.2. The van der Waals surface area contributed by atoms with Crippen molar-refractivity contribution in [3.63, 3.8) is 0 Å². The Morgan fingerprint density at radius 1 is 0.904 bits per heavy atom. The van der Waals surface area contributed by atoms with E-state index < -0.39 is 16.6 Å². The lowest BCUT2D eigenvalue weighted by atomic mass is 9.82. The van der Waals surface area contributed by atoms with Crippen LogP contribution in [0.2, 0.25) is 36.3 Å². The molecule has 52 heavy (non-hydrogen) atoms. The van der Waals surface area contributed by atoms with Crippen LogP contribution in [0.15, 0.2) is 24.3 Å². The number of hydrogen-bond donors (Lipinski definition) is 0. The number of ether oxygens (including phenoxy) is 5. The first kappa shape index (κ1) is 45.2. The molecule has 2 unspecified atom stereocenters. The average Bonchev–Trinajstić information content (AvgIpc) is 3.56. The van der Waals surface area contributed by atoms with Gasteiger partial charge < -0.3 is 37.3 Å². The maximum absolute atomic E-state index is 12.8. The molecule has 0 aromatic heterocycles. The monoisotopic (exact) mass is 766 g/mol. The van der Waals surface area contributed by atoms with Crippen molar-refractivity contribution < 1.29 is 42.1 Å². The fraction of sp³-hybridized carbons (Fsp3) is 0.854. The van der Waals surface area contributed by atoms with Gasteiger partial charge in [-0.25, -0.2) is 0 Å². The minimum absolute atomic E-state index is 0.00735. The van der Waals surface area contributed by atoms with Crippen LogP contribution in [-0.2, 0) is 42.1 Å². The van der Waals surface area contributed by atoms with E-state index in [1.54, 1.807) is 7.11 Å². The van der Waals surface area contributed by atoms with E-state index in [4.69, 9.17) is 32.5 Å². The molecular weight excluding hydrogens is 693 g/mol. The van der Waals surface area contributed by atoms with Crippen LogP contribution in [0.3, 0.4) is 0 Å². The van der Waals surface area contributed by atoms with Crippen molar-refractivity contribution in [1.29, 1.82) is 0 Å². The fourth-order valence-electron chi connectivity index (χ4n) is 7.36. The number of rotatable bonds is 18. The fourth-order valence-corrected chi connectivity index (χ4v) is 9.74. The van der Waals surface area contributed by atoms with Crippen LogP contribution in [0.4, 0.5) is 0 Å². The van der Waals surface area contributed by atoms with Crippen molar-refractivity contribution in [3.8, 4) is 0 Å². The van der Waals surface area contributed by atoms with Crippen molar-refractivity contribution in [1.82, 2.24) is 0 Å². The molecule has 300 valence electrons. The Kier molecular flexibility index (Phi) is 16.2. The number of hydrogen-bond acceptors (Lipinski definition) is 9. The Morgan fingerprint density at radius 2 is 1.54 bits per heavy atom. The molecule has 0 bridgehead atoms. The number of carbonyl (C=O) groups excluding carboxylic acids is 2. The van der Waals surface area contributed by atoms with Crippen LogP contribution in [0.5, 0.6) is 0 Å². The zero-order chi connectivity index (χ0) is 39.2. The van der Waals surface area contributed by atoms with Crippen LogP contribution < -0.4 is 0 Å². The van der Waals surface area contributed by atoms with Crippen molar-refractivity contribution >= 4 is 28.9 Å². The molecule has 10 atom stereocenters. The van der Waals surface area contributed by atoms with E-state index in [0.717, 1.165) is 49.5 Å². The third-order valence-corrected chi connectivity index (χ3v) is 21.9. The highest BCUT2D eigenvalue weighted by atomic mass is 28.4. The zero-order valence-electron chi connectivity index (χ0n) is 35.0. The third kappa shape index (κ3) is 11.9. The maximum Gasteiger partial charge on any atom is 0.305 e. The molecule has 3 aliphatic rings. The quantitative estimate of drug-likeness (QED) is 0.0586. The number of methoxy groups -OCH3 is 2. The van der Waals surface area contributed by atoms with E-state index >= 15 is 0 Å². The van der Waals surface area contributed by atoms with Crippen LogP contribution in [-0.4, -0.2) is 98.5 Å². The summed E-state index contributed by atoms with van der Waals surface area (Å²) < 4.78 is 45.2. The van der Waals surface area contributed by atoms with Gasteiger partial charge in [0.15, 0.2) is 16.6 Å². The lowest BCUT2D eigenvalue weighted by molar-refractivity contribution is -0.143. The van der Waals surface area contributed by atoms with E-state index in [1.807, 2.05) is 0 Å². The van der Waals surface area contributed by atoms with Crippen molar-refractivity contribution in [2.24, 2.45) is 11.8 Å². The van der Waals surface area contributed by atoms with E-state index in [2.05, 4.69) is 87.8 Å². The number of aldehydes is 1. The molecular formula is C41H74O9Si2. The van der Waals surface area contributed by atoms with Crippen LogP contribution in [0.1, 0.15) is 106 Å². The predicted octanol–water partition coefficient (Wildman–Crippen LogP) is 8.96. The smallest absolute Gasteiger partial charge is 0.305 e. The second-order valence-corrected chi connectivity index (χ2v) is 28.4. The molecule has 0 aliphatic carbocycles. The molecule has 3 saturated heterocycles. The van der Waals surface area contributed by atoms with Crippen LogP contribution in [0.25, 0.3) is 0 Å². The van der Waals surface area contributed by atoms with Gasteiger partial charge in [0, 0.05) is 32.3 Å². The van der Waals surface area contributed by atoms with Gasteiger partial charge in [-0.05, 0) is 85.4 Å². The zero-order valence-corrected chi connectivity index (χ0v) is 37.0. The highest BCUT2D eigenvalue weighted by Gasteiger charge is 2.50. The summed E-state index contributed by atoms with van der Waals surface area (Å²) in [6.07, 6.45) is 5.72. The third-order valence-electron chi connectivity index (χ3n) is 12.8. The molecule has 11 heteroatoms. The van der Waals surface area contributed by atoms with Crippen molar-refractivity contribution in [2.75, 3.05) is 20.8 Å². The van der Waals surface area contributed by atoms with Gasteiger partial charge in [-0.15, -0.1) is 0 Å². The second kappa shape index (κ2) is 18.6. The molecule has 3 aliphatic heterocycles. The summed E-state index contributed by atoms with van der Waals surface area (Å²) in [5, 5.41) is 0.0929. The van der Waals surface area contributed by atoms with E-state index in [0.29, 0.717) is 25.9 Å². The summed E-state index contributed by atoms with van der Waals surface area (Å²) in [6.45, 7) is 34.1. The number of carbonyl (C=O) groups is 2. The Balaban J connectivity index is 1.80. The first-order chi connectivity index (χ1) is 24.0. The standard InChI is InChI=1S/C41H74O9Si2/c1-27-21-31(18-19-34-28(2)22-30(47-34)17-16-20-42)48-35(29(27)3)25-36-33(24-38(43)44-10)39(45-11)37(49-36)23-32(50-52(14,15)41(7,8)9)26-46-51(12,13)40(4,5)6/h20,27,30-37,39H,2-3,16-19,21-26H2,1,4-15H3/t27-,30?,31?,32+,33+,34+,35-,36+,37-,39-/m1/s1. The Labute approximate surface area is 318 Å². The molecule has 0 aromatic rings. The first-order valence-electron chi connectivity index (χ1n) is 19.7. The topological polar surface area (TPSA) is 98.8 Å². The van der Waals surface area contributed by atoms with Crippen LogP contribution in [0, 0.1) is 11.8 Å². The van der Waals surface area contributed by atoms with E-state index in [-0.39, 0.29) is 83.1 Å². The predicted molar refractivity (Wildman–Crippen MR) is 213 cm³/mol.